The zero-order valence-electron chi connectivity index (χ0n) is 11.4. The highest BCUT2D eigenvalue weighted by atomic mass is 79.9. The number of benzene rings is 1. The lowest BCUT2D eigenvalue weighted by molar-refractivity contribution is 0.521. The molecule has 1 heterocycles. The Kier molecular flexibility index (Phi) is 4.77. The summed E-state index contributed by atoms with van der Waals surface area (Å²) >= 11 is 3.56. The minimum absolute atomic E-state index is 0.0919. The predicted molar refractivity (Wildman–Crippen MR) is 82.1 cm³/mol. The second kappa shape index (κ2) is 6.35. The van der Waals surface area contributed by atoms with E-state index in [0.717, 1.165) is 23.0 Å². The molecule has 0 aliphatic carbocycles. The van der Waals surface area contributed by atoms with Crippen LogP contribution in [0, 0.1) is 0 Å². The van der Waals surface area contributed by atoms with E-state index >= 15 is 0 Å². The maximum absolute atomic E-state index is 6.22. The third-order valence-corrected chi connectivity index (χ3v) is 3.88. The SMILES string of the molecule is CC(C)n1ccc(CC(N)Cc2ccccc2Br)n1. The molecule has 102 valence electrons. The highest BCUT2D eigenvalue weighted by Crippen LogP contribution is 2.18. The van der Waals surface area contributed by atoms with Crippen molar-refractivity contribution >= 4 is 15.9 Å². The van der Waals surface area contributed by atoms with E-state index in [1.807, 2.05) is 23.0 Å². The maximum Gasteiger partial charge on any atom is 0.0640 e. The Balaban J connectivity index is 1.97. The van der Waals surface area contributed by atoms with Crippen LogP contribution in [0.3, 0.4) is 0 Å². The van der Waals surface area contributed by atoms with Crippen molar-refractivity contribution in [3.8, 4) is 0 Å². The molecular weight excluding hydrogens is 302 g/mol. The van der Waals surface area contributed by atoms with Crippen LogP contribution in [0.25, 0.3) is 0 Å². The summed E-state index contributed by atoms with van der Waals surface area (Å²) in [6.45, 7) is 4.25. The first-order valence-corrected chi connectivity index (χ1v) is 7.38. The van der Waals surface area contributed by atoms with Gasteiger partial charge in [-0.05, 0) is 38.0 Å². The van der Waals surface area contributed by atoms with E-state index in [0.29, 0.717) is 6.04 Å². The number of halogens is 1. The largest absolute Gasteiger partial charge is 0.327 e. The molecule has 19 heavy (non-hydrogen) atoms. The minimum atomic E-state index is 0.0919. The summed E-state index contributed by atoms with van der Waals surface area (Å²) in [6, 6.07) is 10.8. The van der Waals surface area contributed by atoms with Crippen molar-refractivity contribution in [1.82, 2.24) is 9.78 Å². The van der Waals surface area contributed by atoms with Gasteiger partial charge in [-0.3, -0.25) is 4.68 Å². The van der Waals surface area contributed by atoms with Gasteiger partial charge in [0.05, 0.1) is 5.69 Å². The van der Waals surface area contributed by atoms with Crippen LogP contribution in [0.5, 0.6) is 0 Å². The first-order chi connectivity index (χ1) is 9.06. The predicted octanol–water partition coefficient (Wildman–Crippen LogP) is 3.34. The molecule has 2 rings (SSSR count). The van der Waals surface area contributed by atoms with Gasteiger partial charge in [-0.1, -0.05) is 34.1 Å². The molecule has 1 unspecified atom stereocenters. The fraction of sp³-hybridized carbons (Fsp3) is 0.400. The van der Waals surface area contributed by atoms with Crippen LogP contribution in [-0.4, -0.2) is 15.8 Å². The molecule has 0 fully saturated rings. The first-order valence-electron chi connectivity index (χ1n) is 6.59. The average molecular weight is 322 g/mol. The Bertz CT molecular complexity index is 534. The van der Waals surface area contributed by atoms with Crippen LogP contribution in [0.4, 0.5) is 0 Å². The minimum Gasteiger partial charge on any atom is -0.327 e. The van der Waals surface area contributed by atoms with Crippen molar-refractivity contribution in [1.29, 1.82) is 0 Å². The van der Waals surface area contributed by atoms with Gasteiger partial charge in [0.15, 0.2) is 0 Å². The van der Waals surface area contributed by atoms with Crippen LogP contribution in [0.2, 0.25) is 0 Å². The molecule has 3 nitrogen and oxygen atoms in total. The number of hydrogen-bond acceptors (Lipinski definition) is 2. The lowest BCUT2D eigenvalue weighted by Gasteiger charge is -2.11. The van der Waals surface area contributed by atoms with Gasteiger partial charge >= 0.3 is 0 Å². The van der Waals surface area contributed by atoms with Crippen LogP contribution in [-0.2, 0) is 12.8 Å². The number of hydrogen-bond donors (Lipinski definition) is 1. The molecule has 0 radical (unpaired) electrons. The van der Waals surface area contributed by atoms with E-state index in [1.54, 1.807) is 0 Å². The molecule has 1 aromatic carbocycles. The van der Waals surface area contributed by atoms with Crippen LogP contribution in [0.15, 0.2) is 41.0 Å². The van der Waals surface area contributed by atoms with Gasteiger partial charge in [0.2, 0.25) is 0 Å². The summed E-state index contributed by atoms with van der Waals surface area (Å²) in [5.41, 5.74) is 8.53. The number of nitrogens with zero attached hydrogens (tertiary/aromatic N) is 2. The van der Waals surface area contributed by atoms with Crippen LogP contribution < -0.4 is 5.73 Å². The van der Waals surface area contributed by atoms with Gasteiger partial charge in [-0.25, -0.2) is 0 Å². The Labute approximate surface area is 122 Å². The van der Waals surface area contributed by atoms with Crippen molar-refractivity contribution in [3.05, 3.63) is 52.3 Å². The van der Waals surface area contributed by atoms with E-state index < -0.39 is 0 Å². The number of aromatic nitrogens is 2. The molecule has 0 saturated carbocycles. The molecule has 0 saturated heterocycles. The molecule has 0 bridgehead atoms. The third-order valence-electron chi connectivity index (χ3n) is 3.10. The van der Waals surface area contributed by atoms with Crippen molar-refractivity contribution in [2.24, 2.45) is 5.73 Å². The summed E-state index contributed by atoms with van der Waals surface area (Å²) < 4.78 is 3.10. The summed E-state index contributed by atoms with van der Waals surface area (Å²) in [5.74, 6) is 0. The van der Waals surface area contributed by atoms with Crippen molar-refractivity contribution < 1.29 is 0 Å². The summed E-state index contributed by atoms with van der Waals surface area (Å²) in [5, 5.41) is 4.54. The van der Waals surface area contributed by atoms with E-state index in [-0.39, 0.29) is 6.04 Å². The van der Waals surface area contributed by atoms with E-state index in [9.17, 15) is 0 Å². The quantitative estimate of drug-likeness (QED) is 0.917. The second-order valence-electron chi connectivity index (χ2n) is 5.14. The van der Waals surface area contributed by atoms with E-state index in [4.69, 9.17) is 5.73 Å². The van der Waals surface area contributed by atoms with Crippen molar-refractivity contribution in [2.45, 2.75) is 38.8 Å². The van der Waals surface area contributed by atoms with Gasteiger partial charge in [0, 0.05) is 29.2 Å². The molecule has 0 spiro atoms. The van der Waals surface area contributed by atoms with Gasteiger partial charge in [-0.2, -0.15) is 5.10 Å². The summed E-state index contributed by atoms with van der Waals surface area (Å²) in [7, 11) is 0. The van der Waals surface area contributed by atoms with Gasteiger partial charge < -0.3 is 5.73 Å². The number of rotatable bonds is 5. The third kappa shape index (κ3) is 3.91. The van der Waals surface area contributed by atoms with E-state index in [1.165, 1.54) is 5.56 Å². The molecule has 1 atom stereocenters. The summed E-state index contributed by atoms with van der Waals surface area (Å²) in [4.78, 5) is 0. The second-order valence-corrected chi connectivity index (χ2v) is 5.99. The highest BCUT2D eigenvalue weighted by molar-refractivity contribution is 9.10. The zero-order chi connectivity index (χ0) is 13.8. The Morgan fingerprint density at radius 3 is 2.58 bits per heavy atom. The van der Waals surface area contributed by atoms with Gasteiger partial charge in [-0.15, -0.1) is 0 Å². The van der Waals surface area contributed by atoms with Crippen LogP contribution in [0.1, 0.15) is 31.1 Å². The molecule has 0 aliphatic rings. The lowest BCUT2D eigenvalue weighted by atomic mass is 10.0. The van der Waals surface area contributed by atoms with Crippen LogP contribution >= 0.6 is 15.9 Å². The Morgan fingerprint density at radius 2 is 1.95 bits per heavy atom. The van der Waals surface area contributed by atoms with Crippen molar-refractivity contribution in [3.63, 3.8) is 0 Å². The fourth-order valence-corrected chi connectivity index (χ4v) is 2.51. The normalized spacial score (nSPS) is 12.9. The Hall–Kier alpha value is -1.13. The lowest BCUT2D eigenvalue weighted by Crippen LogP contribution is -2.26. The topological polar surface area (TPSA) is 43.8 Å². The molecule has 4 heteroatoms. The molecule has 0 amide bonds. The molecular formula is C15H20BrN3. The Morgan fingerprint density at radius 1 is 1.21 bits per heavy atom. The monoisotopic (exact) mass is 321 g/mol. The average Bonchev–Trinajstić information content (AvgIpc) is 2.80. The molecule has 0 aliphatic heterocycles. The summed E-state index contributed by atoms with van der Waals surface area (Å²) in [6.07, 6.45) is 3.68. The standard InChI is InChI=1S/C15H20BrN3/c1-11(2)19-8-7-14(18-19)10-13(17)9-12-5-3-4-6-15(12)16/h3-8,11,13H,9-10,17H2,1-2H3. The smallest absolute Gasteiger partial charge is 0.0640 e. The fourth-order valence-electron chi connectivity index (χ4n) is 2.06. The zero-order valence-corrected chi connectivity index (χ0v) is 13.0. The maximum atomic E-state index is 6.22. The number of nitrogens with two attached hydrogens (primary N) is 1. The highest BCUT2D eigenvalue weighted by Gasteiger charge is 2.10. The van der Waals surface area contributed by atoms with Gasteiger partial charge in [0.1, 0.15) is 0 Å². The van der Waals surface area contributed by atoms with Crippen molar-refractivity contribution in [2.75, 3.05) is 0 Å². The molecule has 1 aromatic heterocycles. The molecule has 2 N–H and O–H groups in total. The van der Waals surface area contributed by atoms with Gasteiger partial charge in [0.25, 0.3) is 0 Å². The van der Waals surface area contributed by atoms with E-state index in [2.05, 4.69) is 53.1 Å². The first kappa shape index (κ1) is 14.3. The molecule has 2 aromatic rings.